The SMILES string of the molecule is CC(C)C[C@@H](C(=O)N1CCC(C(F)(F)F)CC1)N1CCCCC1=O. The molecule has 4 nitrogen and oxygen atoms in total. The molecule has 2 aliphatic heterocycles. The summed E-state index contributed by atoms with van der Waals surface area (Å²) in [6.07, 6.45) is -1.54. The molecule has 7 heteroatoms. The number of carbonyl (C=O) groups is 2. The Morgan fingerprint density at radius 2 is 1.79 bits per heavy atom. The predicted molar refractivity (Wildman–Crippen MR) is 84.2 cm³/mol. The van der Waals surface area contributed by atoms with Gasteiger partial charge in [-0.1, -0.05) is 13.8 Å². The molecule has 0 spiro atoms. The molecule has 2 heterocycles. The van der Waals surface area contributed by atoms with Gasteiger partial charge in [0.1, 0.15) is 6.04 Å². The first-order chi connectivity index (χ1) is 11.2. The molecular formula is C17H27F3N2O2. The molecule has 0 radical (unpaired) electrons. The molecule has 0 aromatic rings. The number of piperidine rings is 2. The van der Waals surface area contributed by atoms with Crippen molar-refractivity contribution >= 4 is 11.8 Å². The van der Waals surface area contributed by atoms with Crippen molar-refractivity contribution < 1.29 is 22.8 Å². The molecule has 2 fully saturated rings. The summed E-state index contributed by atoms with van der Waals surface area (Å²) in [4.78, 5) is 28.3. The Morgan fingerprint density at radius 3 is 2.29 bits per heavy atom. The molecule has 1 atom stereocenters. The molecule has 0 saturated carbocycles. The Labute approximate surface area is 141 Å². The quantitative estimate of drug-likeness (QED) is 0.783. The Morgan fingerprint density at radius 1 is 1.17 bits per heavy atom. The average Bonchev–Trinajstić information content (AvgIpc) is 2.52. The van der Waals surface area contributed by atoms with Crippen LogP contribution in [0, 0.1) is 11.8 Å². The van der Waals surface area contributed by atoms with Crippen LogP contribution < -0.4 is 0 Å². The Hall–Kier alpha value is -1.27. The van der Waals surface area contributed by atoms with Gasteiger partial charge in [0, 0.05) is 26.1 Å². The zero-order chi connectivity index (χ0) is 17.9. The maximum absolute atomic E-state index is 12.9. The van der Waals surface area contributed by atoms with Gasteiger partial charge in [-0.15, -0.1) is 0 Å². The molecule has 0 unspecified atom stereocenters. The smallest absolute Gasteiger partial charge is 0.341 e. The van der Waals surface area contributed by atoms with E-state index in [2.05, 4.69) is 0 Å². The number of carbonyl (C=O) groups excluding carboxylic acids is 2. The van der Waals surface area contributed by atoms with Crippen molar-refractivity contribution in [2.24, 2.45) is 11.8 Å². The minimum atomic E-state index is -4.19. The van der Waals surface area contributed by atoms with Crippen LogP contribution in [0.5, 0.6) is 0 Å². The number of hydrogen-bond acceptors (Lipinski definition) is 2. The maximum atomic E-state index is 12.9. The van der Waals surface area contributed by atoms with Crippen LogP contribution in [0.25, 0.3) is 0 Å². The van der Waals surface area contributed by atoms with Gasteiger partial charge in [-0.2, -0.15) is 13.2 Å². The molecule has 24 heavy (non-hydrogen) atoms. The summed E-state index contributed by atoms with van der Waals surface area (Å²) in [6.45, 7) is 4.80. The topological polar surface area (TPSA) is 40.6 Å². The van der Waals surface area contributed by atoms with E-state index in [4.69, 9.17) is 0 Å². The van der Waals surface area contributed by atoms with Gasteiger partial charge in [0.25, 0.3) is 0 Å². The second kappa shape index (κ2) is 7.74. The van der Waals surface area contributed by atoms with Gasteiger partial charge in [-0.3, -0.25) is 9.59 Å². The monoisotopic (exact) mass is 348 g/mol. The van der Waals surface area contributed by atoms with E-state index in [0.717, 1.165) is 12.8 Å². The lowest BCUT2D eigenvalue weighted by Gasteiger charge is -2.40. The summed E-state index contributed by atoms with van der Waals surface area (Å²) in [5.41, 5.74) is 0. The molecule has 2 saturated heterocycles. The van der Waals surface area contributed by atoms with Crippen LogP contribution in [0.2, 0.25) is 0 Å². The minimum absolute atomic E-state index is 0.00886. The third-order valence-corrected chi connectivity index (χ3v) is 4.99. The van der Waals surface area contributed by atoms with Crippen LogP contribution in [0.1, 0.15) is 52.4 Å². The third kappa shape index (κ3) is 4.63. The van der Waals surface area contributed by atoms with E-state index in [1.807, 2.05) is 13.8 Å². The lowest BCUT2D eigenvalue weighted by Crippen LogP contribution is -2.54. The molecule has 2 rings (SSSR count). The van der Waals surface area contributed by atoms with Gasteiger partial charge >= 0.3 is 6.18 Å². The Balaban J connectivity index is 2.04. The first kappa shape index (κ1) is 19.1. The minimum Gasteiger partial charge on any atom is -0.341 e. The molecule has 2 amide bonds. The predicted octanol–water partition coefficient (Wildman–Crippen LogP) is 3.21. The second-order valence-corrected chi connectivity index (χ2v) is 7.33. The van der Waals surface area contributed by atoms with Gasteiger partial charge in [-0.05, 0) is 38.0 Å². The summed E-state index contributed by atoms with van der Waals surface area (Å²) in [6, 6.07) is -0.528. The van der Waals surface area contributed by atoms with Crippen LogP contribution in [-0.2, 0) is 9.59 Å². The molecule has 2 aliphatic rings. The lowest BCUT2D eigenvalue weighted by atomic mass is 9.94. The molecule has 0 aromatic carbocycles. The summed E-state index contributed by atoms with van der Waals surface area (Å²) >= 11 is 0. The van der Waals surface area contributed by atoms with Crippen molar-refractivity contribution in [2.75, 3.05) is 19.6 Å². The van der Waals surface area contributed by atoms with E-state index in [9.17, 15) is 22.8 Å². The fourth-order valence-electron chi connectivity index (χ4n) is 3.60. The van der Waals surface area contributed by atoms with E-state index >= 15 is 0 Å². The zero-order valence-corrected chi connectivity index (χ0v) is 14.4. The van der Waals surface area contributed by atoms with Gasteiger partial charge in [0.05, 0.1) is 5.92 Å². The first-order valence-corrected chi connectivity index (χ1v) is 8.85. The Bertz CT molecular complexity index is 457. The standard InChI is InChI=1S/C17H27F3N2O2/c1-12(2)11-14(22-8-4-3-5-15(22)23)16(24)21-9-6-13(7-10-21)17(18,19)20/h12-14H,3-11H2,1-2H3/t14-/m0/s1. The molecule has 0 N–H and O–H groups in total. The van der Waals surface area contributed by atoms with E-state index in [0.29, 0.717) is 19.4 Å². The van der Waals surface area contributed by atoms with Crippen LogP contribution in [0.4, 0.5) is 13.2 Å². The van der Waals surface area contributed by atoms with Crippen molar-refractivity contribution in [2.45, 2.75) is 64.6 Å². The maximum Gasteiger partial charge on any atom is 0.391 e. The van der Waals surface area contributed by atoms with E-state index in [1.54, 1.807) is 4.90 Å². The largest absolute Gasteiger partial charge is 0.391 e. The number of rotatable bonds is 4. The van der Waals surface area contributed by atoms with Gasteiger partial charge in [0.15, 0.2) is 0 Å². The number of halogens is 3. The van der Waals surface area contributed by atoms with Crippen LogP contribution in [0.15, 0.2) is 0 Å². The second-order valence-electron chi connectivity index (χ2n) is 7.33. The van der Waals surface area contributed by atoms with Gasteiger partial charge in [-0.25, -0.2) is 0 Å². The molecular weight excluding hydrogens is 321 g/mol. The van der Waals surface area contributed by atoms with Crippen molar-refractivity contribution in [3.8, 4) is 0 Å². The van der Waals surface area contributed by atoms with Crippen LogP contribution >= 0.6 is 0 Å². The highest BCUT2D eigenvalue weighted by molar-refractivity contribution is 5.88. The highest BCUT2D eigenvalue weighted by Crippen LogP contribution is 2.34. The molecule has 0 aliphatic carbocycles. The first-order valence-electron chi connectivity index (χ1n) is 8.85. The van der Waals surface area contributed by atoms with Crippen molar-refractivity contribution in [1.82, 2.24) is 9.80 Å². The summed E-state index contributed by atoms with van der Waals surface area (Å²) in [5, 5.41) is 0. The fourth-order valence-corrected chi connectivity index (χ4v) is 3.60. The Kier molecular flexibility index (Phi) is 6.15. The average molecular weight is 348 g/mol. The highest BCUT2D eigenvalue weighted by atomic mass is 19.4. The van der Waals surface area contributed by atoms with Crippen molar-refractivity contribution in [1.29, 1.82) is 0 Å². The normalized spacial score (nSPS) is 22.2. The van der Waals surface area contributed by atoms with Gasteiger partial charge in [0.2, 0.25) is 11.8 Å². The molecule has 138 valence electrons. The van der Waals surface area contributed by atoms with E-state index < -0.39 is 18.1 Å². The summed E-state index contributed by atoms with van der Waals surface area (Å²) < 4.78 is 38.4. The number of likely N-dealkylation sites (tertiary alicyclic amines) is 2. The number of hydrogen-bond donors (Lipinski definition) is 0. The number of nitrogens with zero attached hydrogens (tertiary/aromatic N) is 2. The van der Waals surface area contributed by atoms with Gasteiger partial charge < -0.3 is 9.80 Å². The molecule has 0 bridgehead atoms. The number of alkyl halides is 3. The number of amides is 2. The van der Waals surface area contributed by atoms with Crippen LogP contribution in [0.3, 0.4) is 0 Å². The van der Waals surface area contributed by atoms with E-state index in [-0.39, 0.29) is 43.7 Å². The molecule has 0 aromatic heterocycles. The summed E-state index contributed by atoms with van der Waals surface area (Å²) in [7, 11) is 0. The fraction of sp³-hybridized carbons (Fsp3) is 0.882. The van der Waals surface area contributed by atoms with Crippen molar-refractivity contribution in [3.63, 3.8) is 0 Å². The van der Waals surface area contributed by atoms with E-state index in [1.165, 1.54) is 4.90 Å². The van der Waals surface area contributed by atoms with Crippen LogP contribution in [-0.4, -0.2) is 53.5 Å². The highest BCUT2D eigenvalue weighted by Gasteiger charge is 2.43. The summed E-state index contributed by atoms with van der Waals surface area (Å²) in [5.74, 6) is -1.27. The zero-order valence-electron chi connectivity index (χ0n) is 14.4. The van der Waals surface area contributed by atoms with Crippen molar-refractivity contribution in [3.05, 3.63) is 0 Å². The lowest BCUT2D eigenvalue weighted by molar-refractivity contribution is -0.187. The third-order valence-electron chi connectivity index (χ3n) is 4.99.